The van der Waals surface area contributed by atoms with Crippen LogP contribution in [0.4, 0.5) is 0 Å². The van der Waals surface area contributed by atoms with Gasteiger partial charge in [0.15, 0.2) is 5.82 Å². The van der Waals surface area contributed by atoms with E-state index in [1.807, 2.05) is 42.5 Å². The fourth-order valence-electron chi connectivity index (χ4n) is 5.07. The van der Waals surface area contributed by atoms with E-state index >= 15 is 0 Å². The Balaban J connectivity index is 1.38. The molecule has 6 heteroatoms. The van der Waals surface area contributed by atoms with Crippen LogP contribution in [-0.4, -0.2) is 40.5 Å². The highest BCUT2D eigenvalue weighted by Gasteiger charge is 2.42. The monoisotopic (exact) mass is 435 g/mol. The molecule has 3 N–H and O–H groups in total. The molecule has 6 nitrogen and oxygen atoms in total. The highest BCUT2D eigenvalue weighted by molar-refractivity contribution is 5.98. The van der Waals surface area contributed by atoms with E-state index < -0.39 is 0 Å². The maximum Gasteiger partial charge on any atom is 0.253 e. The number of amides is 1. The quantitative estimate of drug-likeness (QED) is 0.451. The number of aromatic amines is 1. The van der Waals surface area contributed by atoms with Crippen molar-refractivity contribution in [3.05, 3.63) is 84.2 Å². The number of rotatable bonds is 3. The number of fused-ring (bicyclic) bond motifs is 2. The summed E-state index contributed by atoms with van der Waals surface area (Å²) in [5, 5.41) is 6.53. The first kappa shape index (κ1) is 19.9. The van der Waals surface area contributed by atoms with Crippen LogP contribution in [-0.2, 0) is 5.41 Å². The normalized spacial score (nSPS) is 16.9. The van der Waals surface area contributed by atoms with E-state index in [2.05, 4.69) is 44.9 Å². The van der Waals surface area contributed by atoms with E-state index in [-0.39, 0.29) is 11.3 Å². The molecule has 0 unspecified atom stereocenters. The van der Waals surface area contributed by atoms with E-state index in [9.17, 15) is 4.79 Å². The van der Waals surface area contributed by atoms with Gasteiger partial charge in [0.25, 0.3) is 5.91 Å². The van der Waals surface area contributed by atoms with Gasteiger partial charge >= 0.3 is 0 Å². The van der Waals surface area contributed by atoms with Gasteiger partial charge in [-0.3, -0.25) is 4.79 Å². The van der Waals surface area contributed by atoms with Gasteiger partial charge in [-0.05, 0) is 55.3 Å². The number of nitrogens with one attached hydrogen (secondary N) is 3. The van der Waals surface area contributed by atoms with Crippen LogP contribution in [0.15, 0.2) is 72.9 Å². The van der Waals surface area contributed by atoms with Crippen molar-refractivity contribution in [1.29, 1.82) is 0 Å². The summed E-state index contributed by atoms with van der Waals surface area (Å²) in [6, 6.07) is 22.4. The van der Waals surface area contributed by atoms with Gasteiger partial charge in [0.2, 0.25) is 0 Å². The van der Waals surface area contributed by atoms with Crippen LogP contribution in [0.1, 0.15) is 28.9 Å². The molecule has 2 aromatic heterocycles. The maximum absolute atomic E-state index is 12.6. The third kappa shape index (κ3) is 3.52. The topological polar surface area (TPSA) is 82.7 Å². The van der Waals surface area contributed by atoms with Gasteiger partial charge in [-0.25, -0.2) is 9.97 Å². The molecule has 164 valence electrons. The molecule has 6 rings (SSSR count). The highest BCUT2D eigenvalue weighted by Crippen LogP contribution is 2.39. The number of carbonyl (C=O) groups is 1. The first-order valence-electron chi connectivity index (χ1n) is 11.4. The third-order valence-electron chi connectivity index (χ3n) is 6.90. The predicted octanol–water partition coefficient (Wildman–Crippen LogP) is 4.17. The average Bonchev–Trinajstić information content (AvgIpc) is 3.36. The van der Waals surface area contributed by atoms with Gasteiger partial charge < -0.3 is 15.6 Å². The molecular formula is C27H25N5O. The molecule has 1 spiro atoms. The lowest BCUT2D eigenvalue weighted by Gasteiger charge is -2.40. The maximum atomic E-state index is 12.6. The number of hydrogen-bond acceptors (Lipinski definition) is 4. The second-order valence-corrected chi connectivity index (χ2v) is 8.90. The molecule has 2 aliphatic rings. The number of aromatic nitrogens is 3. The van der Waals surface area contributed by atoms with Crippen LogP contribution < -0.4 is 10.6 Å². The third-order valence-corrected chi connectivity index (χ3v) is 6.90. The minimum atomic E-state index is -0.0351. The lowest BCUT2D eigenvalue weighted by atomic mass is 9.73. The lowest BCUT2D eigenvalue weighted by Crippen LogP contribution is -2.51. The van der Waals surface area contributed by atoms with Gasteiger partial charge in [-0.1, -0.05) is 48.5 Å². The zero-order valence-corrected chi connectivity index (χ0v) is 18.3. The van der Waals surface area contributed by atoms with Crippen LogP contribution in [0, 0.1) is 0 Å². The fraction of sp³-hybridized carbons (Fsp3) is 0.222. The van der Waals surface area contributed by atoms with Gasteiger partial charge in [0.05, 0.1) is 17.0 Å². The predicted molar refractivity (Wildman–Crippen MR) is 129 cm³/mol. The van der Waals surface area contributed by atoms with Gasteiger partial charge in [0, 0.05) is 29.4 Å². The molecule has 2 aliphatic heterocycles. The molecular weight excluding hydrogens is 410 g/mol. The summed E-state index contributed by atoms with van der Waals surface area (Å²) in [7, 11) is 0. The molecule has 1 amide bonds. The van der Waals surface area contributed by atoms with Gasteiger partial charge in [-0.15, -0.1) is 0 Å². The number of piperidine rings is 1. The summed E-state index contributed by atoms with van der Waals surface area (Å²) < 4.78 is 0. The molecule has 0 aliphatic carbocycles. The molecule has 4 aromatic rings. The Kier molecular flexibility index (Phi) is 4.80. The Labute approximate surface area is 192 Å². The molecule has 2 aromatic carbocycles. The Morgan fingerprint density at radius 3 is 2.48 bits per heavy atom. The molecule has 1 saturated heterocycles. The van der Waals surface area contributed by atoms with Crippen molar-refractivity contribution < 1.29 is 4.79 Å². The Hall–Kier alpha value is -3.77. The largest absolute Gasteiger partial charge is 0.356 e. The number of hydrogen-bond donors (Lipinski definition) is 3. The summed E-state index contributed by atoms with van der Waals surface area (Å²) in [4.78, 5) is 25.6. The first-order chi connectivity index (χ1) is 16.2. The van der Waals surface area contributed by atoms with Crippen molar-refractivity contribution in [3.8, 4) is 33.9 Å². The molecule has 0 atom stereocenters. The van der Waals surface area contributed by atoms with Gasteiger partial charge in [-0.2, -0.15) is 0 Å². The minimum absolute atomic E-state index is 0.0125. The molecule has 0 radical (unpaired) electrons. The lowest BCUT2D eigenvalue weighted by molar-refractivity contribution is 0.0913. The summed E-state index contributed by atoms with van der Waals surface area (Å²) in [5.74, 6) is 0.653. The van der Waals surface area contributed by atoms with Crippen LogP contribution in [0.5, 0.6) is 0 Å². The van der Waals surface area contributed by atoms with Crippen molar-refractivity contribution >= 4 is 5.91 Å². The molecule has 4 heterocycles. The molecule has 1 fully saturated rings. The SMILES string of the molecule is O=C1NCC2(CCNCC2)c2[nH]c(-c3ccnc(-c4cccc(-c5ccccc5)c4)n3)cc21. The van der Waals surface area contributed by atoms with E-state index in [1.165, 1.54) is 0 Å². The highest BCUT2D eigenvalue weighted by atomic mass is 16.1. The number of benzene rings is 2. The summed E-state index contributed by atoms with van der Waals surface area (Å²) in [6.45, 7) is 2.60. The minimum Gasteiger partial charge on any atom is -0.356 e. The van der Waals surface area contributed by atoms with Crippen LogP contribution >= 0.6 is 0 Å². The van der Waals surface area contributed by atoms with Crippen LogP contribution in [0.25, 0.3) is 33.9 Å². The Morgan fingerprint density at radius 1 is 0.848 bits per heavy atom. The molecule has 0 bridgehead atoms. The summed E-state index contributed by atoms with van der Waals surface area (Å²) in [5.41, 5.74) is 6.65. The van der Waals surface area contributed by atoms with Crippen molar-refractivity contribution in [1.82, 2.24) is 25.6 Å². The van der Waals surface area contributed by atoms with Crippen molar-refractivity contribution in [3.63, 3.8) is 0 Å². The summed E-state index contributed by atoms with van der Waals surface area (Å²) >= 11 is 0. The van der Waals surface area contributed by atoms with E-state index in [4.69, 9.17) is 4.98 Å². The van der Waals surface area contributed by atoms with Crippen LogP contribution in [0.3, 0.4) is 0 Å². The van der Waals surface area contributed by atoms with Crippen molar-refractivity contribution in [2.24, 2.45) is 0 Å². The summed E-state index contributed by atoms with van der Waals surface area (Å²) in [6.07, 6.45) is 3.79. The smallest absolute Gasteiger partial charge is 0.253 e. The van der Waals surface area contributed by atoms with E-state index in [1.54, 1.807) is 6.20 Å². The second-order valence-electron chi connectivity index (χ2n) is 8.90. The molecule has 0 saturated carbocycles. The second kappa shape index (κ2) is 7.98. The zero-order valence-electron chi connectivity index (χ0n) is 18.3. The van der Waals surface area contributed by atoms with Gasteiger partial charge in [0.1, 0.15) is 0 Å². The first-order valence-corrected chi connectivity index (χ1v) is 11.4. The van der Waals surface area contributed by atoms with E-state index in [0.717, 1.165) is 65.3 Å². The number of nitrogens with zero attached hydrogens (tertiary/aromatic N) is 2. The fourth-order valence-corrected chi connectivity index (χ4v) is 5.07. The molecule has 33 heavy (non-hydrogen) atoms. The van der Waals surface area contributed by atoms with Crippen molar-refractivity contribution in [2.75, 3.05) is 19.6 Å². The standard InChI is InChI=1S/C27H25N5O/c33-26-21-16-23(31-24(21)27(17-30-26)10-13-28-14-11-27)22-9-12-29-25(32-22)20-8-4-7-19(15-20)18-5-2-1-3-6-18/h1-9,12,15-16,28,31H,10-11,13-14,17H2,(H,30,33). The number of carbonyl (C=O) groups excluding carboxylic acids is 1. The Morgan fingerprint density at radius 2 is 1.64 bits per heavy atom. The average molecular weight is 436 g/mol. The zero-order chi connectivity index (χ0) is 22.3. The van der Waals surface area contributed by atoms with Crippen LogP contribution in [0.2, 0.25) is 0 Å². The van der Waals surface area contributed by atoms with Crippen molar-refractivity contribution in [2.45, 2.75) is 18.3 Å². The van der Waals surface area contributed by atoms with E-state index in [0.29, 0.717) is 12.4 Å². The number of H-pyrrole nitrogens is 1. The Bertz CT molecular complexity index is 1320.